The van der Waals surface area contributed by atoms with Crippen LogP contribution < -0.4 is 5.32 Å². The fourth-order valence-electron chi connectivity index (χ4n) is 2.13. The van der Waals surface area contributed by atoms with Gasteiger partial charge in [0.1, 0.15) is 5.82 Å². The molecule has 1 fully saturated rings. The fourth-order valence-corrected chi connectivity index (χ4v) is 2.13. The van der Waals surface area contributed by atoms with Crippen LogP contribution in [0.2, 0.25) is 0 Å². The summed E-state index contributed by atoms with van der Waals surface area (Å²) in [5.41, 5.74) is 3.62. The van der Waals surface area contributed by atoms with Gasteiger partial charge in [0.25, 0.3) is 0 Å². The number of nitrogens with zero attached hydrogens (tertiary/aromatic N) is 1. The van der Waals surface area contributed by atoms with E-state index in [1.807, 2.05) is 0 Å². The van der Waals surface area contributed by atoms with Crippen LogP contribution in [0.15, 0.2) is 18.2 Å². The second-order valence-corrected chi connectivity index (χ2v) is 4.87. The molecular formula is C14H19N3. The van der Waals surface area contributed by atoms with Gasteiger partial charge in [-0.1, -0.05) is 13.0 Å². The van der Waals surface area contributed by atoms with Gasteiger partial charge < -0.3 is 10.3 Å². The number of nitrogens with one attached hydrogen (secondary N) is 2. The van der Waals surface area contributed by atoms with Gasteiger partial charge in [0.15, 0.2) is 0 Å². The van der Waals surface area contributed by atoms with Crippen LogP contribution in [0.25, 0.3) is 11.0 Å². The van der Waals surface area contributed by atoms with Gasteiger partial charge in [0, 0.05) is 19.0 Å². The van der Waals surface area contributed by atoms with Crippen molar-refractivity contribution in [2.24, 2.45) is 0 Å². The van der Waals surface area contributed by atoms with Gasteiger partial charge in [0.05, 0.1) is 11.0 Å². The highest BCUT2D eigenvalue weighted by Crippen LogP contribution is 2.18. The monoisotopic (exact) mass is 229 g/mol. The van der Waals surface area contributed by atoms with Crippen molar-refractivity contribution in [3.05, 3.63) is 29.6 Å². The Morgan fingerprint density at radius 1 is 1.41 bits per heavy atom. The van der Waals surface area contributed by atoms with Crippen molar-refractivity contribution < 1.29 is 0 Å². The van der Waals surface area contributed by atoms with Gasteiger partial charge in [-0.2, -0.15) is 0 Å². The second kappa shape index (κ2) is 4.49. The number of aryl methyl sites for hydroxylation is 1. The molecule has 2 aromatic rings. The molecule has 90 valence electrons. The molecule has 3 nitrogen and oxygen atoms in total. The Kier molecular flexibility index (Phi) is 2.85. The third-order valence-electron chi connectivity index (χ3n) is 3.38. The smallest absolute Gasteiger partial charge is 0.108 e. The van der Waals surface area contributed by atoms with E-state index in [0.29, 0.717) is 0 Å². The van der Waals surface area contributed by atoms with Gasteiger partial charge in [0.2, 0.25) is 0 Å². The molecule has 3 heteroatoms. The van der Waals surface area contributed by atoms with E-state index >= 15 is 0 Å². The predicted octanol–water partition coefficient (Wildman–Crippen LogP) is 2.42. The number of hydrogen-bond donors (Lipinski definition) is 2. The zero-order chi connectivity index (χ0) is 11.7. The number of benzene rings is 1. The molecule has 17 heavy (non-hydrogen) atoms. The lowest BCUT2D eigenvalue weighted by Gasteiger charge is -1.98. The Morgan fingerprint density at radius 3 is 3.06 bits per heavy atom. The highest BCUT2D eigenvalue weighted by Gasteiger charge is 2.19. The van der Waals surface area contributed by atoms with E-state index in [4.69, 9.17) is 0 Å². The topological polar surface area (TPSA) is 40.7 Å². The average Bonchev–Trinajstić information content (AvgIpc) is 3.07. The Bertz CT molecular complexity index is 511. The van der Waals surface area contributed by atoms with E-state index < -0.39 is 0 Å². The number of rotatable bonds is 5. The number of aromatic amines is 1. The molecule has 0 amide bonds. The van der Waals surface area contributed by atoms with E-state index in [-0.39, 0.29) is 0 Å². The van der Waals surface area contributed by atoms with Crippen LogP contribution in [-0.2, 0) is 12.8 Å². The van der Waals surface area contributed by atoms with Crippen LogP contribution in [0, 0.1) is 0 Å². The zero-order valence-corrected chi connectivity index (χ0v) is 10.3. The van der Waals surface area contributed by atoms with Crippen molar-refractivity contribution in [3.8, 4) is 0 Å². The maximum absolute atomic E-state index is 4.61. The van der Waals surface area contributed by atoms with E-state index in [0.717, 1.165) is 36.8 Å². The number of H-pyrrole nitrogens is 1. The summed E-state index contributed by atoms with van der Waals surface area (Å²) < 4.78 is 0. The molecule has 0 spiro atoms. The van der Waals surface area contributed by atoms with Gasteiger partial charge in [-0.05, 0) is 37.0 Å². The summed E-state index contributed by atoms with van der Waals surface area (Å²) in [5.74, 6) is 1.10. The third-order valence-corrected chi connectivity index (χ3v) is 3.38. The van der Waals surface area contributed by atoms with Crippen LogP contribution in [0.5, 0.6) is 0 Å². The quantitative estimate of drug-likeness (QED) is 0.826. The van der Waals surface area contributed by atoms with Gasteiger partial charge in [-0.15, -0.1) is 0 Å². The summed E-state index contributed by atoms with van der Waals surface area (Å²) in [6.07, 6.45) is 4.76. The summed E-state index contributed by atoms with van der Waals surface area (Å²) >= 11 is 0. The molecule has 0 atom stereocenters. The molecule has 1 aliphatic carbocycles. The molecule has 1 heterocycles. The van der Waals surface area contributed by atoms with Crippen molar-refractivity contribution >= 4 is 11.0 Å². The lowest BCUT2D eigenvalue weighted by atomic mass is 10.1. The van der Waals surface area contributed by atoms with Gasteiger partial charge >= 0.3 is 0 Å². The Hall–Kier alpha value is -1.35. The molecule has 0 aliphatic heterocycles. The molecule has 0 saturated heterocycles. The van der Waals surface area contributed by atoms with Crippen LogP contribution in [0.1, 0.15) is 31.2 Å². The van der Waals surface area contributed by atoms with Crippen molar-refractivity contribution in [3.63, 3.8) is 0 Å². The molecule has 0 unspecified atom stereocenters. The summed E-state index contributed by atoms with van der Waals surface area (Å²) in [5, 5.41) is 3.51. The Labute approximate surface area is 102 Å². The lowest BCUT2D eigenvalue weighted by molar-refractivity contribution is 0.670. The number of imidazole rings is 1. The first-order valence-corrected chi connectivity index (χ1v) is 6.56. The lowest BCUT2D eigenvalue weighted by Crippen LogP contribution is -2.19. The van der Waals surface area contributed by atoms with Crippen LogP contribution in [0.3, 0.4) is 0 Å². The third kappa shape index (κ3) is 2.50. The number of hydrogen-bond acceptors (Lipinski definition) is 2. The molecule has 1 aromatic heterocycles. The van der Waals surface area contributed by atoms with Gasteiger partial charge in [-0.3, -0.25) is 0 Å². The summed E-state index contributed by atoms with van der Waals surface area (Å²) in [6.45, 7) is 3.21. The average molecular weight is 229 g/mol. The minimum atomic E-state index is 0.783. The first-order chi connectivity index (χ1) is 8.35. The Balaban J connectivity index is 1.71. The van der Waals surface area contributed by atoms with Crippen molar-refractivity contribution in [2.75, 3.05) is 6.54 Å². The maximum Gasteiger partial charge on any atom is 0.108 e. The minimum absolute atomic E-state index is 0.783. The molecule has 1 aliphatic rings. The first kappa shape index (κ1) is 10.8. The zero-order valence-electron chi connectivity index (χ0n) is 10.3. The number of fused-ring (bicyclic) bond motifs is 1. The molecule has 2 N–H and O–H groups in total. The fraction of sp³-hybridized carbons (Fsp3) is 0.500. The molecule has 3 rings (SSSR count). The molecule has 0 bridgehead atoms. The van der Waals surface area contributed by atoms with Crippen molar-refractivity contribution in [2.45, 2.75) is 38.6 Å². The second-order valence-electron chi connectivity index (χ2n) is 4.87. The maximum atomic E-state index is 4.61. The van der Waals surface area contributed by atoms with E-state index in [1.54, 1.807) is 0 Å². The van der Waals surface area contributed by atoms with Crippen LogP contribution in [-0.4, -0.2) is 22.6 Å². The molecule has 1 saturated carbocycles. The first-order valence-electron chi connectivity index (χ1n) is 6.56. The summed E-state index contributed by atoms with van der Waals surface area (Å²) in [4.78, 5) is 8.02. The summed E-state index contributed by atoms with van der Waals surface area (Å²) in [7, 11) is 0. The molecule has 1 aromatic carbocycles. The highest BCUT2D eigenvalue weighted by atomic mass is 15.0. The van der Waals surface area contributed by atoms with E-state index in [9.17, 15) is 0 Å². The largest absolute Gasteiger partial charge is 0.342 e. The molecular weight excluding hydrogens is 210 g/mol. The SMILES string of the molecule is CCc1ccc2nc(CCNC3CC3)[nH]c2c1. The normalized spacial score (nSPS) is 15.6. The number of aromatic nitrogens is 2. The van der Waals surface area contributed by atoms with Crippen LogP contribution >= 0.6 is 0 Å². The summed E-state index contributed by atoms with van der Waals surface area (Å²) in [6, 6.07) is 7.27. The van der Waals surface area contributed by atoms with E-state index in [2.05, 4.69) is 40.4 Å². The minimum Gasteiger partial charge on any atom is -0.342 e. The predicted molar refractivity (Wildman–Crippen MR) is 70.2 cm³/mol. The van der Waals surface area contributed by atoms with Crippen molar-refractivity contribution in [1.82, 2.24) is 15.3 Å². The van der Waals surface area contributed by atoms with Crippen LogP contribution in [0.4, 0.5) is 0 Å². The van der Waals surface area contributed by atoms with Crippen molar-refractivity contribution in [1.29, 1.82) is 0 Å². The Morgan fingerprint density at radius 2 is 2.29 bits per heavy atom. The standard InChI is InChI=1S/C14H19N3/c1-2-10-3-6-12-13(9-10)17-14(16-12)7-8-15-11-4-5-11/h3,6,9,11,15H,2,4-5,7-8H2,1H3,(H,16,17). The van der Waals surface area contributed by atoms with E-state index in [1.165, 1.54) is 23.9 Å². The molecule has 0 radical (unpaired) electrons. The highest BCUT2D eigenvalue weighted by molar-refractivity contribution is 5.75. The van der Waals surface area contributed by atoms with Gasteiger partial charge in [-0.25, -0.2) is 4.98 Å².